The van der Waals surface area contributed by atoms with Gasteiger partial charge in [-0.15, -0.1) is 0 Å². The highest BCUT2D eigenvalue weighted by Gasteiger charge is 2.18. The molecule has 0 unspecified atom stereocenters. The van der Waals surface area contributed by atoms with Crippen molar-refractivity contribution in [3.05, 3.63) is 71.0 Å². The quantitative estimate of drug-likeness (QED) is 0.571. The van der Waals surface area contributed by atoms with Crippen LogP contribution in [0.4, 0.5) is 0 Å². The fourth-order valence-electron chi connectivity index (χ4n) is 3.50. The fourth-order valence-corrected chi connectivity index (χ4v) is 3.50. The summed E-state index contributed by atoms with van der Waals surface area (Å²) in [5.41, 5.74) is 4.97. The van der Waals surface area contributed by atoms with Gasteiger partial charge in [0.15, 0.2) is 11.5 Å². The molecule has 0 atom stereocenters. The molecule has 0 spiro atoms. The molecule has 0 saturated carbocycles. The third kappa shape index (κ3) is 4.64. The molecule has 6 nitrogen and oxygen atoms in total. The van der Waals surface area contributed by atoms with E-state index >= 15 is 0 Å². The Kier molecular flexibility index (Phi) is 6.77. The number of benzene rings is 2. The predicted octanol–water partition coefficient (Wildman–Crippen LogP) is 3.75. The molecule has 158 valence electrons. The van der Waals surface area contributed by atoms with Crippen LogP contribution in [0.2, 0.25) is 0 Å². The van der Waals surface area contributed by atoms with Crippen LogP contribution in [-0.4, -0.2) is 48.4 Å². The number of para-hydroxylation sites is 1. The number of hydrogen-bond acceptors (Lipinski definition) is 4. The molecule has 0 radical (unpaired) electrons. The Morgan fingerprint density at radius 2 is 1.73 bits per heavy atom. The van der Waals surface area contributed by atoms with Crippen molar-refractivity contribution < 1.29 is 14.3 Å². The molecule has 30 heavy (non-hydrogen) atoms. The summed E-state index contributed by atoms with van der Waals surface area (Å²) < 4.78 is 12.5. The summed E-state index contributed by atoms with van der Waals surface area (Å²) in [6.45, 7) is 4.59. The number of ether oxygens (including phenoxy) is 2. The van der Waals surface area contributed by atoms with Crippen LogP contribution in [0.25, 0.3) is 5.69 Å². The van der Waals surface area contributed by atoms with Crippen LogP contribution in [0.3, 0.4) is 0 Å². The minimum absolute atomic E-state index is 0.0780. The van der Waals surface area contributed by atoms with Gasteiger partial charge < -0.3 is 14.4 Å². The topological polar surface area (TPSA) is 56.6 Å². The Morgan fingerprint density at radius 3 is 2.40 bits per heavy atom. The van der Waals surface area contributed by atoms with Gasteiger partial charge >= 0.3 is 0 Å². The zero-order chi connectivity index (χ0) is 21.7. The van der Waals surface area contributed by atoms with Crippen molar-refractivity contribution in [2.45, 2.75) is 26.7 Å². The first-order valence-corrected chi connectivity index (χ1v) is 10.00. The predicted molar refractivity (Wildman–Crippen MR) is 118 cm³/mol. The Bertz CT molecular complexity index is 1010. The zero-order valence-electron chi connectivity index (χ0n) is 18.3. The van der Waals surface area contributed by atoms with E-state index in [0.717, 1.165) is 34.6 Å². The highest BCUT2D eigenvalue weighted by Crippen LogP contribution is 2.27. The molecule has 0 aliphatic heterocycles. The Labute approximate surface area is 178 Å². The number of amides is 1. The number of methoxy groups -OCH3 is 2. The van der Waals surface area contributed by atoms with Crippen molar-refractivity contribution in [1.29, 1.82) is 0 Å². The summed E-state index contributed by atoms with van der Waals surface area (Å²) >= 11 is 0. The van der Waals surface area contributed by atoms with Gasteiger partial charge in [-0.1, -0.05) is 24.3 Å². The monoisotopic (exact) mass is 407 g/mol. The van der Waals surface area contributed by atoms with Crippen LogP contribution in [-0.2, 0) is 17.6 Å². The molecule has 3 rings (SSSR count). The van der Waals surface area contributed by atoms with E-state index in [0.29, 0.717) is 24.5 Å². The molecule has 6 heteroatoms. The SMILES string of the molecule is COc1ccc(CCN(C)C(=O)Cc2c(C)nn(-c3ccccc3)c2C)cc1OC. The third-order valence-electron chi connectivity index (χ3n) is 5.38. The summed E-state index contributed by atoms with van der Waals surface area (Å²) in [6.07, 6.45) is 1.08. The van der Waals surface area contributed by atoms with Crippen molar-refractivity contribution in [3.63, 3.8) is 0 Å². The summed E-state index contributed by atoms with van der Waals surface area (Å²) in [7, 11) is 5.08. The van der Waals surface area contributed by atoms with Crippen LogP contribution in [0.5, 0.6) is 11.5 Å². The number of hydrogen-bond donors (Lipinski definition) is 0. The Hall–Kier alpha value is -3.28. The van der Waals surface area contributed by atoms with E-state index in [1.54, 1.807) is 19.1 Å². The average molecular weight is 408 g/mol. The number of carbonyl (C=O) groups excluding carboxylic acids is 1. The smallest absolute Gasteiger partial charge is 0.226 e. The molecule has 0 bridgehead atoms. The van der Waals surface area contributed by atoms with Gasteiger partial charge in [0.25, 0.3) is 0 Å². The maximum atomic E-state index is 12.9. The molecular formula is C24H29N3O3. The number of likely N-dealkylation sites (N-methyl/N-ethyl adjacent to an activating group) is 1. The second-order valence-corrected chi connectivity index (χ2v) is 7.33. The minimum Gasteiger partial charge on any atom is -0.493 e. The van der Waals surface area contributed by atoms with Gasteiger partial charge in [-0.2, -0.15) is 5.10 Å². The van der Waals surface area contributed by atoms with E-state index in [1.807, 2.05) is 74.1 Å². The lowest BCUT2D eigenvalue weighted by Crippen LogP contribution is -2.30. The first-order valence-electron chi connectivity index (χ1n) is 10.00. The van der Waals surface area contributed by atoms with Crippen LogP contribution >= 0.6 is 0 Å². The van der Waals surface area contributed by atoms with Crippen LogP contribution in [0.15, 0.2) is 48.5 Å². The highest BCUT2D eigenvalue weighted by molar-refractivity contribution is 5.79. The molecule has 2 aromatic carbocycles. The normalized spacial score (nSPS) is 10.7. The first kappa shape index (κ1) is 21.4. The molecule has 0 aliphatic rings. The average Bonchev–Trinajstić information content (AvgIpc) is 3.05. The molecule has 0 N–H and O–H groups in total. The standard InChI is InChI=1S/C24H29N3O3/c1-17-21(18(2)27(25-17)20-9-7-6-8-10-20)16-24(28)26(3)14-13-19-11-12-22(29-4)23(15-19)30-5/h6-12,15H,13-14,16H2,1-5H3. The van der Waals surface area contributed by atoms with E-state index in [2.05, 4.69) is 5.10 Å². The van der Waals surface area contributed by atoms with Gasteiger partial charge in [-0.05, 0) is 50.1 Å². The number of nitrogens with zero attached hydrogens (tertiary/aromatic N) is 3. The molecule has 0 fully saturated rings. The largest absolute Gasteiger partial charge is 0.493 e. The maximum Gasteiger partial charge on any atom is 0.226 e. The van der Waals surface area contributed by atoms with Crippen LogP contribution < -0.4 is 9.47 Å². The number of rotatable bonds is 8. The first-order chi connectivity index (χ1) is 14.4. The van der Waals surface area contributed by atoms with E-state index in [9.17, 15) is 4.79 Å². The van der Waals surface area contributed by atoms with E-state index in [-0.39, 0.29) is 5.91 Å². The van der Waals surface area contributed by atoms with Crippen molar-refractivity contribution in [2.24, 2.45) is 0 Å². The molecule has 1 heterocycles. The number of aromatic nitrogens is 2. The molecule has 0 saturated heterocycles. The van der Waals surface area contributed by atoms with Crippen LogP contribution in [0, 0.1) is 13.8 Å². The van der Waals surface area contributed by atoms with Crippen molar-refractivity contribution in [2.75, 3.05) is 27.8 Å². The number of aryl methyl sites for hydroxylation is 1. The third-order valence-corrected chi connectivity index (χ3v) is 5.38. The van der Waals surface area contributed by atoms with Crippen molar-refractivity contribution in [1.82, 2.24) is 14.7 Å². The highest BCUT2D eigenvalue weighted by atomic mass is 16.5. The molecular weight excluding hydrogens is 378 g/mol. The summed E-state index contributed by atoms with van der Waals surface area (Å²) in [6, 6.07) is 15.8. The lowest BCUT2D eigenvalue weighted by Gasteiger charge is -2.18. The molecule has 1 amide bonds. The van der Waals surface area contributed by atoms with Crippen LogP contribution in [0.1, 0.15) is 22.5 Å². The van der Waals surface area contributed by atoms with E-state index in [1.165, 1.54) is 0 Å². The number of carbonyl (C=O) groups is 1. The summed E-state index contributed by atoms with van der Waals surface area (Å²) in [5.74, 6) is 1.48. The van der Waals surface area contributed by atoms with Gasteiger partial charge in [-0.3, -0.25) is 4.79 Å². The van der Waals surface area contributed by atoms with Gasteiger partial charge in [0.1, 0.15) is 0 Å². The summed E-state index contributed by atoms with van der Waals surface area (Å²) in [4.78, 5) is 14.6. The van der Waals surface area contributed by atoms with E-state index in [4.69, 9.17) is 9.47 Å². The van der Waals surface area contributed by atoms with Crippen molar-refractivity contribution in [3.8, 4) is 17.2 Å². The lowest BCUT2D eigenvalue weighted by atomic mass is 10.1. The maximum absolute atomic E-state index is 12.9. The molecule has 1 aromatic heterocycles. The Morgan fingerprint density at radius 1 is 1.03 bits per heavy atom. The van der Waals surface area contributed by atoms with E-state index < -0.39 is 0 Å². The molecule has 3 aromatic rings. The van der Waals surface area contributed by atoms with Gasteiger partial charge in [0.05, 0.1) is 32.0 Å². The van der Waals surface area contributed by atoms with Gasteiger partial charge in [-0.25, -0.2) is 4.68 Å². The Balaban J connectivity index is 1.66. The fraction of sp³-hybridized carbons (Fsp3) is 0.333. The van der Waals surface area contributed by atoms with Crippen molar-refractivity contribution >= 4 is 5.91 Å². The second kappa shape index (κ2) is 9.48. The second-order valence-electron chi connectivity index (χ2n) is 7.33. The lowest BCUT2D eigenvalue weighted by molar-refractivity contribution is -0.129. The molecule has 0 aliphatic carbocycles. The zero-order valence-corrected chi connectivity index (χ0v) is 18.3. The van der Waals surface area contributed by atoms with Gasteiger partial charge in [0.2, 0.25) is 5.91 Å². The minimum atomic E-state index is 0.0780. The summed E-state index contributed by atoms with van der Waals surface area (Å²) in [5, 5.41) is 4.64. The van der Waals surface area contributed by atoms with Gasteiger partial charge in [0, 0.05) is 24.8 Å².